The number of nitrogens with one attached hydrogen (secondary N) is 1. The van der Waals surface area contributed by atoms with E-state index < -0.39 is 0 Å². The number of guanidine groups is 1. The van der Waals surface area contributed by atoms with Crippen molar-refractivity contribution in [1.82, 2.24) is 4.98 Å². The van der Waals surface area contributed by atoms with Gasteiger partial charge in [0.15, 0.2) is 5.96 Å². The molecule has 0 atom stereocenters. The van der Waals surface area contributed by atoms with E-state index in [0.29, 0.717) is 18.4 Å². The number of hydrogen-bond donors (Lipinski definition) is 2. The molecule has 0 amide bonds. The van der Waals surface area contributed by atoms with Gasteiger partial charge < -0.3 is 15.8 Å². The van der Waals surface area contributed by atoms with Crippen LogP contribution in [0.5, 0.6) is 5.88 Å². The van der Waals surface area contributed by atoms with Gasteiger partial charge in [-0.3, -0.25) is 0 Å². The summed E-state index contributed by atoms with van der Waals surface area (Å²) in [5.74, 6) is 1.06. The van der Waals surface area contributed by atoms with Crippen molar-refractivity contribution >= 4 is 11.6 Å². The first-order valence-electron chi connectivity index (χ1n) is 8.45. The van der Waals surface area contributed by atoms with Crippen LogP contribution in [-0.2, 0) is 6.54 Å². The van der Waals surface area contributed by atoms with Gasteiger partial charge in [-0.15, -0.1) is 0 Å². The number of ether oxygens (including phenoxy) is 1. The second-order valence-electron chi connectivity index (χ2n) is 6.18. The Hall–Kier alpha value is -2.56. The molecule has 5 heteroatoms. The maximum absolute atomic E-state index is 6.03. The normalized spacial score (nSPS) is 15.5. The Morgan fingerprint density at radius 2 is 2.00 bits per heavy atom. The average molecular weight is 324 g/mol. The van der Waals surface area contributed by atoms with Crippen LogP contribution in [0.4, 0.5) is 5.69 Å². The smallest absolute Gasteiger partial charge is 0.218 e. The van der Waals surface area contributed by atoms with Gasteiger partial charge in [-0.2, -0.15) is 0 Å². The number of aliphatic imine (C=N–C) groups is 1. The summed E-state index contributed by atoms with van der Waals surface area (Å²) in [7, 11) is 0. The number of aryl methyl sites for hydroxylation is 1. The Balaban J connectivity index is 1.63. The third kappa shape index (κ3) is 4.47. The van der Waals surface area contributed by atoms with E-state index in [4.69, 9.17) is 10.5 Å². The van der Waals surface area contributed by atoms with Crippen molar-refractivity contribution in [2.75, 3.05) is 5.32 Å². The molecule has 1 aromatic heterocycles. The quantitative estimate of drug-likeness (QED) is 0.650. The van der Waals surface area contributed by atoms with Crippen molar-refractivity contribution in [3.05, 3.63) is 53.7 Å². The van der Waals surface area contributed by atoms with E-state index in [9.17, 15) is 0 Å². The number of rotatable bonds is 5. The largest absolute Gasteiger partial charge is 0.474 e. The number of nitrogens with zero attached hydrogens (tertiary/aromatic N) is 2. The molecule has 1 aliphatic rings. The van der Waals surface area contributed by atoms with Gasteiger partial charge in [-0.25, -0.2) is 9.98 Å². The van der Waals surface area contributed by atoms with Gasteiger partial charge in [0.2, 0.25) is 5.88 Å². The molecule has 0 aliphatic heterocycles. The molecule has 0 bridgehead atoms. The van der Waals surface area contributed by atoms with Crippen LogP contribution in [0.1, 0.15) is 36.8 Å². The Labute approximate surface area is 143 Å². The number of nitrogens with two attached hydrogens (primary N) is 1. The highest BCUT2D eigenvalue weighted by atomic mass is 16.5. The van der Waals surface area contributed by atoms with E-state index in [1.807, 2.05) is 36.4 Å². The zero-order valence-electron chi connectivity index (χ0n) is 14.0. The fourth-order valence-corrected chi connectivity index (χ4v) is 2.81. The summed E-state index contributed by atoms with van der Waals surface area (Å²) in [6, 6.07) is 11.9. The molecule has 1 aromatic carbocycles. The van der Waals surface area contributed by atoms with Crippen LogP contribution in [0.3, 0.4) is 0 Å². The van der Waals surface area contributed by atoms with E-state index in [1.54, 1.807) is 6.20 Å². The minimum atomic E-state index is 0.283. The van der Waals surface area contributed by atoms with E-state index in [1.165, 1.54) is 18.4 Å². The van der Waals surface area contributed by atoms with Crippen molar-refractivity contribution in [3.8, 4) is 5.88 Å². The van der Waals surface area contributed by atoms with E-state index in [0.717, 1.165) is 24.1 Å². The van der Waals surface area contributed by atoms with Gasteiger partial charge in [0, 0.05) is 17.4 Å². The third-order valence-electron chi connectivity index (χ3n) is 4.17. The van der Waals surface area contributed by atoms with E-state index in [2.05, 4.69) is 22.2 Å². The third-order valence-corrected chi connectivity index (χ3v) is 4.17. The minimum Gasteiger partial charge on any atom is -0.474 e. The SMILES string of the molecule is Cc1ccc(NC(N)=NCc2cccnc2OC2CCCC2)cc1. The molecule has 5 nitrogen and oxygen atoms in total. The van der Waals surface area contributed by atoms with E-state index >= 15 is 0 Å². The van der Waals surface area contributed by atoms with Gasteiger partial charge in [-0.05, 0) is 50.8 Å². The van der Waals surface area contributed by atoms with Crippen molar-refractivity contribution in [1.29, 1.82) is 0 Å². The monoisotopic (exact) mass is 324 g/mol. The van der Waals surface area contributed by atoms with Crippen LogP contribution in [-0.4, -0.2) is 17.0 Å². The predicted octanol–water partition coefficient (Wildman–Crippen LogP) is 3.64. The first-order valence-corrected chi connectivity index (χ1v) is 8.45. The zero-order valence-corrected chi connectivity index (χ0v) is 14.0. The molecular weight excluding hydrogens is 300 g/mol. The van der Waals surface area contributed by atoms with Crippen LogP contribution in [0.25, 0.3) is 0 Å². The number of pyridine rings is 1. The number of benzene rings is 1. The molecule has 0 unspecified atom stereocenters. The summed E-state index contributed by atoms with van der Waals surface area (Å²) >= 11 is 0. The fraction of sp³-hybridized carbons (Fsp3) is 0.368. The molecule has 2 aromatic rings. The van der Waals surface area contributed by atoms with E-state index in [-0.39, 0.29) is 6.10 Å². The summed E-state index contributed by atoms with van der Waals surface area (Å²) in [4.78, 5) is 8.77. The Morgan fingerprint density at radius 1 is 1.25 bits per heavy atom. The van der Waals surface area contributed by atoms with Crippen LogP contribution in [0.2, 0.25) is 0 Å². The lowest BCUT2D eigenvalue weighted by Gasteiger charge is -2.14. The topological polar surface area (TPSA) is 72.5 Å². The Bertz CT molecular complexity index is 691. The zero-order chi connectivity index (χ0) is 16.8. The molecular formula is C19H24N4O. The summed E-state index contributed by atoms with van der Waals surface area (Å²) in [5.41, 5.74) is 9.07. The van der Waals surface area contributed by atoms with Crippen LogP contribution >= 0.6 is 0 Å². The van der Waals surface area contributed by atoms with Crippen molar-refractivity contribution in [2.24, 2.45) is 10.7 Å². The standard InChI is InChI=1S/C19H24N4O/c1-14-8-10-16(11-9-14)23-19(20)22-13-15-5-4-12-21-18(15)24-17-6-2-3-7-17/h4-5,8-12,17H,2-3,6-7,13H2,1H3,(H3,20,22,23). The summed E-state index contributed by atoms with van der Waals surface area (Å²) in [6.45, 7) is 2.50. The summed E-state index contributed by atoms with van der Waals surface area (Å²) < 4.78 is 6.03. The van der Waals surface area contributed by atoms with Crippen LogP contribution < -0.4 is 15.8 Å². The molecule has 1 aliphatic carbocycles. The molecule has 0 spiro atoms. The summed E-state index contributed by atoms with van der Waals surface area (Å²) in [6.07, 6.45) is 6.72. The number of anilines is 1. The van der Waals surface area contributed by atoms with Gasteiger partial charge >= 0.3 is 0 Å². The maximum Gasteiger partial charge on any atom is 0.218 e. The van der Waals surface area contributed by atoms with Crippen molar-refractivity contribution in [3.63, 3.8) is 0 Å². The average Bonchev–Trinajstić information content (AvgIpc) is 3.09. The van der Waals surface area contributed by atoms with Crippen molar-refractivity contribution < 1.29 is 4.74 Å². The second-order valence-corrected chi connectivity index (χ2v) is 6.18. The van der Waals surface area contributed by atoms with Crippen LogP contribution in [0.15, 0.2) is 47.6 Å². The molecule has 126 valence electrons. The van der Waals surface area contributed by atoms with Gasteiger partial charge in [0.05, 0.1) is 6.54 Å². The Morgan fingerprint density at radius 3 is 2.75 bits per heavy atom. The van der Waals surface area contributed by atoms with Gasteiger partial charge in [0.25, 0.3) is 0 Å². The first-order chi connectivity index (χ1) is 11.7. The Kier molecular flexibility index (Phi) is 5.31. The molecule has 3 rings (SSSR count). The molecule has 3 N–H and O–H groups in total. The molecule has 1 fully saturated rings. The lowest BCUT2D eigenvalue weighted by molar-refractivity contribution is 0.199. The van der Waals surface area contributed by atoms with Gasteiger partial charge in [-0.1, -0.05) is 23.8 Å². The first kappa shape index (κ1) is 16.3. The molecule has 0 radical (unpaired) electrons. The molecule has 1 heterocycles. The van der Waals surface area contributed by atoms with Crippen molar-refractivity contribution in [2.45, 2.75) is 45.3 Å². The highest BCUT2D eigenvalue weighted by Gasteiger charge is 2.18. The molecule has 0 saturated heterocycles. The minimum absolute atomic E-state index is 0.283. The maximum atomic E-state index is 6.03. The second kappa shape index (κ2) is 7.81. The predicted molar refractivity (Wildman–Crippen MR) is 97.2 cm³/mol. The highest BCUT2D eigenvalue weighted by Crippen LogP contribution is 2.25. The van der Waals surface area contributed by atoms with Crippen LogP contribution in [0, 0.1) is 6.92 Å². The fourth-order valence-electron chi connectivity index (χ4n) is 2.81. The highest BCUT2D eigenvalue weighted by molar-refractivity contribution is 5.92. The number of aromatic nitrogens is 1. The molecule has 24 heavy (non-hydrogen) atoms. The molecule has 1 saturated carbocycles. The lowest BCUT2D eigenvalue weighted by atomic mass is 10.2. The number of hydrogen-bond acceptors (Lipinski definition) is 3. The van der Waals surface area contributed by atoms with Gasteiger partial charge in [0.1, 0.15) is 6.10 Å². The summed E-state index contributed by atoms with van der Waals surface area (Å²) in [5, 5.41) is 3.10. The lowest BCUT2D eigenvalue weighted by Crippen LogP contribution is -2.22.